The molecular weight excluding hydrogens is 198 g/mol. The molecule has 0 atom stereocenters. The summed E-state index contributed by atoms with van der Waals surface area (Å²) >= 11 is 0. The molecule has 92 valence electrons. The maximum absolute atomic E-state index is 8.81. The van der Waals surface area contributed by atoms with Crippen molar-refractivity contribution in [1.29, 1.82) is 0 Å². The van der Waals surface area contributed by atoms with Crippen molar-refractivity contribution in [2.45, 2.75) is 32.6 Å². The van der Waals surface area contributed by atoms with Crippen LogP contribution in [0.2, 0.25) is 0 Å². The molecule has 0 aromatic rings. The molecule has 0 aromatic heterocycles. The predicted molar refractivity (Wildman–Crippen MR) is 57.6 cm³/mol. The second-order valence-corrected chi connectivity index (χ2v) is 3.15. The number of aliphatic hydroxyl groups is 2. The molecule has 0 amide bonds. The molecule has 3 N–H and O–H groups in total. The summed E-state index contributed by atoms with van der Waals surface area (Å²) in [7, 11) is 0. The smallest absolute Gasteiger partial charge is 0.158 e. The van der Waals surface area contributed by atoms with Crippen molar-refractivity contribution >= 4 is 0 Å². The molecule has 0 heterocycles. The molecule has 0 saturated carbocycles. The molecular formula is C10H23NO4. The number of aliphatic hydroxyl groups excluding tert-OH is 2. The van der Waals surface area contributed by atoms with E-state index < -0.39 is 0 Å². The number of rotatable bonds is 10. The van der Waals surface area contributed by atoms with Gasteiger partial charge in [0.1, 0.15) is 0 Å². The van der Waals surface area contributed by atoms with Gasteiger partial charge in [0.25, 0.3) is 0 Å². The van der Waals surface area contributed by atoms with Crippen LogP contribution < -0.4 is 5.32 Å². The Morgan fingerprint density at radius 2 is 1.60 bits per heavy atom. The number of ether oxygens (including phenoxy) is 2. The largest absolute Gasteiger partial charge is 0.395 e. The topological polar surface area (TPSA) is 71.0 Å². The summed E-state index contributed by atoms with van der Waals surface area (Å²) < 4.78 is 10.7. The molecule has 0 spiro atoms. The molecule has 5 heteroatoms. The molecule has 0 aromatic carbocycles. The van der Waals surface area contributed by atoms with E-state index in [0.717, 1.165) is 0 Å². The van der Waals surface area contributed by atoms with Gasteiger partial charge < -0.3 is 25.0 Å². The van der Waals surface area contributed by atoms with Gasteiger partial charge in [-0.3, -0.25) is 0 Å². The molecule has 0 aliphatic carbocycles. The minimum absolute atomic E-state index is 0.0650. The minimum atomic E-state index is -0.256. The highest BCUT2D eigenvalue weighted by Crippen LogP contribution is 2.00. The summed E-state index contributed by atoms with van der Waals surface area (Å²) in [6.45, 7) is 5.60. The highest BCUT2D eigenvalue weighted by Gasteiger charge is 2.09. The Morgan fingerprint density at radius 3 is 2.00 bits per heavy atom. The van der Waals surface area contributed by atoms with E-state index in [1.807, 2.05) is 13.8 Å². The fraction of sp³-hybridized carbons (Fsp3) is 1.00. The van der Waals surface area contributed by atoms with Gasteiger partial charge in [-0.15, -0.1) is 0 Å². The van der Waals surface area contributed by atoms with Crippen molar-refractivity contribution in [1.82, 2.24) is 5.32 Å². The standard InChI is InChI=1S/C10H23NO4/c1-3-14-10(15-4-2)5-6-11-9(7-12)8-13/h9-13H,3-8H2,1-2H3. The van der Waals surface area contributed by atoms with E-state index in [-0.39, 0.29) is 25.5 Å². The highest BCUT2D eigenvalue weighted by molar-refractivity contribution is 4.63. The third-order valence-electron chi connectivity index (χ3n) is 1.96. The van der Waals surface area contributed by atoms with Gasteiger partial charge in [0, 0.05) is 26.2 Å². The van der Waals surface area contributed by atoms with Gasteiger partial charge >= 0.3 is 0 Å². The maximum Gasteiger partial charge on any atom is 0.158 e. The Labute approximate surface area is 91.4 Å². The zero-order valence-corrected chi connectivity index (χ0v) is 9.61. The fourth-order valence-electron chi connectivity index (χ4n) is 1.18. The predicted octanol–water partition coefficient (Wildman–Crippen LogP) is -0.282. The highest BCUT2D eigenvalue weighted by atomic mass is 16.7. The molecule has 5 nitrogen and oxygen atoms in total. The Hall–Kier alpha value is -0.200. The van der Waals surface area contributed by atoms with E-state index in [1.165, 1.54) is 0 Å². The van der Waals surface area contributed by atoms with E-state index in [9.17, 15) is 0 Å². The van der Waals surface area contributed by atoms with Crippen molar-refractivity contribution in [3.05, 3.63) is 0 Å². The Morgan fingerprint density at radius 1 is 1.07 bits per heavy atom. The van der Waals surface area contributed by atoms with Crippen molar-refractivity contribution in [3.8, 4) is 0 Å². The van der Waals surface area contributed by atoms with Crippen LogP contribution in [0.3, 0.4) is 0 Å². The van der Waals surface area contributed by atoms with Crippen LogP contribution in [0, 0.1) is 0 Å². The van der Waals surface area contributed by atoms with Crippen LogP contribution in [-0.2, 0) is 9.47 Å². The van der Waals surface area contributed by atoms with Crippen molar-refractivity contribution < 1.29 is 19.7 Å². The fourth-order valence-corrected chi connectivity index (χ4v) is 1.18. The lowest BCUT2D eigenvalue weighted by atomic mass is 10.3. The van der Waals surface area contributed by atoms with Crippen LogP contribution >= 0.6 is 0 Å². The summed E-state index contributed by atoms with van der Waals surface area (Å²) in [6, 6.07) is -0.256. The van der Waals surface area contributed by atoms with E-state index in [4.69, 9.17) is 19.7 Å². The van der Waals surface area contributed by atoms with Crippen LogP contribution in [0.25, 0.3) is 0 Å². The van der Waals surface area contributed by atoms with E-state index in [2.05, 4.69) is 5.32 Å². The summed E-state index contributed by atoms with van der Waals surface area (Å²) in [5.74, 6) is 0. The van der Waals surface area contributed by atoms with Crippen molar-refractivity contribution in [2.24, 2.45) is 0 Å². The van der Waals surface area contributed by atoms with Gasteiger partial charge in [-0.2, -0.15) is 0 Å². The Balaban J connectivity index is 3.59. The third-order valence-corrected chi connectivity index (χ3v) is 1.96. The van der Waals surface area contributed by atoms with Gasteiger partial charge in [-0.25, -0.2) is 0 Å². The van der Waals surface area contributed by atoms with Crippen LogP contribution in [0.4, 0.5) is 0 Å². The third kappa shape index (κ3) is 7.70. The first kappa shape index (κ1) is 14.8. The summed E-state index contributed by atoms with van der Waals surface area (Å²) in [5.41, 5.74) is 0. The molecule has 0 fully saturated rings. The van der Waals surface area contributed by atoms with Gasteiger partial charge in [0.05, 0.1) is 19.3 Å². The van der Waals surface area contributed by atoms with Crippen LogP contribution in [0.1, 0.15) is 20.3 Å². The lowest BCUT2D eigenvalue weighted by molar-refractivity contribution is -0.139. The van der Waals surface area contributed by atoms with Crippen molar-refractivity contribution in [2.75, 3.05) is 33.0 Å². The molecule has 0 aliphatic rings. The quantitative estimate of drug-likeness (QED) is 0.443. The zero-order chi connectivity index (χ0) is 11.5. The number of hydrogen-bond acceptors (Lipinski definition) is 5. The molecule has 0 aliphatic heterocycles. The molecule has 0 rings (SSSR count). The van der Waals surface area contributed by atoms with E-state index in [0.29, 0.717) is 26.2 Å². The number of nitrogens with one attached hydrogen (secondary N) is 1. The molecule has 0 saturated heterocycles. The molecule has 0 radical (unpaired) electrons. The average Bonchev–Trinajstić information content (AvgIpc) is 2.25. The van der Waals surface area contributed by atoms with Crippen molar-refractivity contribution in [3.63, 3.8) is 0 Å². The Bertz CT molecular complexity index is 125. The average molecular weight is 221 g/mol. The lowest BCUT2D eigenvalue weighted by Gasteiger charge is -2.19. The summed E-state index contributed by atoms with van der Waals surface area (Å²) in [5, 5.41) is 20.6. The summed E-state index contributed by atoms with van der Waals surface area (Å²) in [6.07, 6.45) is 0.503. The van der Waals surface area contributed by atoms with E-state index in [1.54, 1.807) is 0 Å². The summed E-state index contributed by atoms with van der Waals surface area (Å²) in [4.78, 5) is 0. The second-order valence-electron chi connectivity index (χ2n) is 3.15. The van der Waals surface area contributed by atoms with Crippen LogP contribution in [0.5, 0.6) is 0 Å². The monoisotopic (exact) mass is 221 g/mol. The lowest BCUT2D eigenvalue weighted by Crippen LogP contribution is -2.37. The Kier molecular flexibility index (Phi) is 10.2. The SMILES string of the molecule is CCOC(CCNC(CO)CO)OCC. The first-order chi connectivity index (χ1) is 7.28. The van der Waals surface area contributed by atoms with Crippen LogP contribution in [-0.4, -0.2) is 55.5 Å². The molecule has 0 bridgehead atoms. The van der Waals surface area contributed by atoms with Crippen LogP contribution in [0.15, 0.2) is 0 Å². The van der Waals surface area contributed by atoms with Gasteiger partial charge in [0.2, 0.25) is 0 Å². The maximum atomic E-state index is 8.81. The minimum Gasteiger partial charge on any atom is -0.395 e. The van der Waals surface area contributed by atoms with Gasteiger partial charge in [-0.05, 0) is 13.8 Å². The van der Waals surface area contributed by atoms with Gasteiger partial charge in [0.15, 0.2) is 6.29 Å². The first-order valence-corrected chi connectivity index (χ1v) is 5.46. The second kappa shape index (κ2) is 10.3. The van der Waals surface area contributed by atoms with Gasteiger partial charge in [-0.1, -0.05) is 0 Å². The number of hydrogen-bond donors (Lipinski definition) is 3. The zero-order valence-electron chi connectivity index (χ0n) is 9.61. The molecule has 0 unspecified atom stereocenters. The molecule has 15 heavy (non-hydrogen) atoms. The first-order valence-electron chi connectivity index (χ1n) is 5.46. The van der Waals surface area contributed by atoms with E-state index >= 15 is 0 Å². The normalized spacial score (nSPS) is 11.6.